The third kappa shape index (κ3) is 4.21. The van der Waals surface area contributed by atoms with Gasteiger partial charge in [0.1, 0.15) is 6.54 Å². The monoisotopic (exact) mass is 464 g/mol. The summed E-state index contributed by atoms with van der Waals surface area (Å²) < 4.78 is 33.5. The van der Waals surface area contributed by atoms with Crippen molar-refractivity contribution in [3.63, 3.8) is 0 Å². The van der Waals surface area contributed by atoms with Crippen molar-refractivity contribution in [2.45, 2.75) is 36.6 Å². The maximum Gasteiger partial charge on any atom is 0.325 e. The number of carbonyl (C=O) groups excluding carboxylic acids is 1. The third-order valence-electron chi connectivity index (χ3n) is 5.65. The van der Waals surface area contributed by atoms with Crippen LogP contribution in [0.15, 0.2) is 81.4 Å². The number of carbonyl (C=O) groups is 1. The summed E-state index contributed by atoms with van der Waals surface area (Å²) in [5, 5.41) is 0.436. The first-order valence-corrected chi connectivity index (χ1v) is 12.1. The summed E-state index contributed by atoms with van der Waals surface area (Å²) in [7, 11) is -3.75. The van der Waals surface area contributed by atoms with Gasteiger partial charge in [-0.05, 0) is 49.2 Å². The maximum atomic E-state index is 13.3. The van der Waals surface area contributed by atoms with E-state index in [0.29, 0.717) is 27.7 Å². The number of sulfone groups is 1. The van der Waals surface area contributed by atoms with Gasteiger partial charge < -0.3 is 14.3 Å². The smallest absolute Gasteiger partial charge is 0.325 e. The van der Waals surface area contributed by atoms with Crippen LogP contribution in [0.5, 0.6) is 0 Å². The molecular formula is C25H24N2O5S. The lowest BCUT2D eigenvalue weighted by Gasteiger charge is -2.12. The highest BCUT2D eigenvalue weighted by Gasteiger charge is 2.24. The Morgan fingerprint density at radius 2 is 1.73 bits per heavy atom. The number of pyridine rings is 1. The van der Waals surface area contributed by atoms with Crippen LogP contribution in [-0.2, 0) is 32.3 Å². The minimum absolute atomic E-state index is 0.0381. The standard InChI is InChI=1S/C25H24N2O5S/c1-3-32-23(28)16-27-17(2)20(24-21(27)13-14-26-25(24)29)15-18-9-7-8-12-22(18)33(30,31)19-10-5-4-6-11-19/h4-14H,3,15-16H2,1-2H3,(H,26,29). The van der Waals surface area contributed by atoms with Crippen molar-refractivity contribution < 1.29 is 17.9 Å². The average molecular weight is 465 g/mol. The fourth-order valence-electron chi connectivity index (χ4n) is 4.09. The molecule has 2 aromatic heterocycles. The van der Waals surface area contributed by atoms with E-state index in [9.17, 15) is 18.0 Å². The minimum atomic E-state index is -3.75. The molecule has 0 saturated carbocycles. The van der Waals surface area contributed by atoms with Gasteiger partial charge in [-0.3, -0.25) is 9.59 Å². The molecule has 0 amide bonds. The van der Waals surface area contributed by atoms with E-state index in [1.54, 1.807) is 72.2 Å². The highest BCUT2D eigenvalue weighted by molar-refractivity contribution is 7.91. The summed E-state index contributed by atoms with van der Waals surface area (Å²) in [6.07, 6.45) is 1.75. The van der Waals surface area contributed by atoms with Crippen LogP contribution >= 0.6 is 0 Å². The molecule has 4 aromatic rings. The number of benzene rings is 2. The van der Waals surface area contributed by atoms with Gasteiger partial charge in [-0.1, -0.05) is 36.4 Å². The number of esters is 1. The molecule has 4 rings (SSSR count). The van der Waals surface area contributed by atoms with Gasteiger partial charge >= 0.3 is 5.97 Å². The summed E-state index contributed by atoms with van der Waals surface area (Å²) in [5.41, 5.74) is 2.26. The predicted molar refractivity (Wildman–Crippen MR) is 125 cm³/mol. The van der Waals surface area contributed by atoms with Crippen LogP contribution in [0, 0.1) is 6.92 Å². The highest BCUT2D eigenvalue weighted by atomic mass is 32.2. The maximum absolute atomic E-state index is 13.3. The van der Waals surface area contributed by atoms with Crippen LogP contribution in [0.3, 0.4) is 0 Å². The Morgan fingerprint density at radius 3 is 2.45 bits per heavy atom. The van der Waals surface area contributed by atoms with Crippen molar-refractivity contribution in [1.29, 1.82) is 0 Å². The largest absolute Gasteiger partial charge is 0.465 e. The molecule has 0 aliphatic rings. The Kier molecular flexibility index (Phi) is 6.20. The zero-order chi connectivity index (χ0) is 23.6. The van der Waals surface area contributed by atoms with Gasteiger partial charge in [-0.25, -0.2) is 8.42 Å². The molecule has 33 heavy (non-hydrogen) atoms. The SMILES string of the molecule is CCOC(=O)Cn1c(C)c(Cc2ccccc2S(=O)(=O)c2ccccc2)c2c(=O)[nH]ccc21. The van der Waals surface area contributed by atoms with Gasteiger partial charge in [0.2, 0.25) is 9.84 Å². The van der Waals surface area contributed by atoms with E-state index in [4.69, 9.17) is 4.74 Å². The van der Waals surface area contributed by atoms with Crippen molar-refractivity contribution in [2.24, 2.45) is 0 Å². The molecule has 0 saturated heterocycles. The number of nitrogens with zero attached hydrogens (tertiary/aromatic N) is 1. The molecule has 2 aromatic carbocycles. The number of ether oxygens (including phenoxy) is 1. The van der Waals surface area contributed by atoms with Crippen LogP contribution in [0.25, 0.3) is 10.9 Å². The van der Waals surface area contributed by atoms with E-state index in [1.165, 1.54) is 6.20 Å². The van der Waals surface area contributed by atoms with Crippen molar-refractivity contribution in [3.8, 4) is 0 Å². The molecule has 0 atom stereocenters. The van der Waals surface area contributed by atoms with E-state index < -0.39 is 15.8 Å². The molecule has 7 nitrogen and oxygen atoms in total. The molecule has 0 radical (unpaired) electrons. The highest BCUT2D eigenvalue weighted by Crippen LogP contribution is 2.30. The number of rotatable bonds is 7. The van der Waals surface area contributed by atoms with E-state index in [0.717, 1.165) is 0 Å². The molecule has 0 aliphatic heterocycles. The van der Waals surface area contributed by atoms with Crippen molar-refractivity contribution in [3.05, 3.63) is 94.0 Å². The van der Waals surface area contributed by atoms with Crippen molar-refractivity contribution in [2.75, 3.05) is 6.61 Å². The number of hydrogen-bond donors (Lipinski definition) is 1. The first-order valence-electron chi connectivity index (χ1n) is 10.6. The number of aromatic amines is 1. The van der Waals surface area contributed by atoms with E-state index in [2.05, 4.69) is 4.98 Å². The minimum Gasteiger partial charge on any atom is -0.465 e. The Hall–Kier alpha value is -3.65. The molecule has 0 bridgehead atoms. The van der Waals surface area contributed by atoms with Gasteiger partial charge in [-0.15, -0.1) is 0 Å². The molecule has 0 fully saturated rings. The van der Waals surface area contributed by atoms with E-state index >= 15 is 0 Å². The number of hydrogen-bond acceptors (Lipinski definition) is 5. The molecule has 2 heterocycles. The Bertz CT molecular complexity index is 1480. The van der Waals surface area contributed by atoms with Crippen LogP contribution in [0.2, 0.25) is 0 Å². The lowest BCUT2D eigenvalue weighted by Crippen LogP contribution is -2.14. The molecule has 1 N–H and O–H groups in total. The van der Waals surface area contributed by atoms with Gasteiger partial charge in [0.25, 0.3) is 5.56 Å². The second kappa shape index (κ2) is 9.07. The quantitative estimate of drug-likeness (QED) is 0.421. The molecule has 0 spiro atoms. The summed E-state index contributed by atoms with van der Waals surface area (Å²) in [6.45, 7) is 3.78. The van der Waals surface area contributed by atoms with Gasteiger partial charge in [0, 0.05) is 18.3 Å². The zero-order valence-corrected chi connectivity index (χ0v) is 19.2. The molecule has 0 unspecified atom stereocenters. The summed E-state index contributed by atoms with van der Waals surface area (Å²) in [6, 6.07) is 16.8. The Labute approximate surface area is 191 Å². The first-order chi connectivity index (χ1) is 15.8. The zero-order valence-electron chi connectivity index (χ0n) is 18.4. The van der Waals surface area contributed by atoms with Gasteiger partial charge in [-0.2, -0.15) is 0 Å². The van der Waals surface area contributed by atoms with E-state index in [-0.39, 0.29) is 34.9 Å². The Morgan fingerprint density at radius 1 is 1.03 bits per heavy atom. The van der Waals surface area contributed by atoms with Crippen LogP contribution in [0.1, 0.15) is 23.7 Å². The van der Waals surface area contributed by atoms with Crippen molar-refractivity contribution >= 4 is 26.7 Å². The van der Waals surface area contributed by atoms with Gasteiger partial charge in [0.05, 0.1) is 27.3 Å². The lowest BCUT2D eigenvalue weighted by atomic mass is 10.0. The molecular weight excluding hydrogens is 440 g/mol. The number of H-pyrrole nitrogens is 1. The second-order valence-corrected chi connectivity index (χ2v) is 9.54. The number of nitrogens with one attached hydrogen (secondary N) is 1. The summed E-state index contributed by atoms with van der Waals surface area (Å²) in [5.74, 6) is -0.406. The molecule has 8 heteroatoms. The van der Waals surface area contributed by atoms with Crippen molar-refractivity contribution in [1.82, 2.24) is 9.55 Å². The molecule has 0 aliphatic carbocycles. The Balaban J connectivity index is 1.86. The first kappa shape index (κ1) is 22.5. The van der Waals surface area contributed by atoms with Crippen LogP contribution < -0.4 is 5.56 Å². The van der Waals surface area contributed by atoms with Gasteiger partial charge in [0.15, 0.2) is 0 Å². The normalized spacial score (nSPS) is 11.6. The fraction of sp³-hybridized carbons (Fsp3) is 0.200. The second-order valence-electron chi connectivity index (χ2n) is 7.62. The molecule has 170 valence electrons. The summed E-state index contributed by atoms with van der Waals surface area (Å²) >= 11 is 0. The van der Waals surface area contributed by atoms with Crippen LogP contribution in [0.4, 0.5) is 0 Å². The lowest BCUT2D eigenvalue weighted by molar-refractivity contribution is -0.143. The fourth-order valence-corrected chi connectivity index (χ4v) is 5.61. The number of aromatic nitrogens is 2. The van der Waals surface area contributed by atoms with Crippen LogP contribution in [-0.4, -0.2) is 30.5 Å². The summed E-state index contributed by atoms with van der Waals surface area (Å²) in [4.78, 5) is 28.0. The third-order valence-corrected chi connectivity index (χ3v) is 7.52. The topological polar surface area (TPSA) is 98.2 Å². The number of fused-ring (bicyclic) bond motifs is 1. The van der Waals surface area contributed by atoms with E-state index in [1.807, 2.05) is 6.92 Å². The predicted octanol–water partition coefficient (Wildman–Crippen LogP) is 3.62. The average Bonchev–Trinajstić information content (AvgIpc) is 3.07.